The second-order valence-corrected chi connectivity index (χ2v) is 6.44. The normalized spacial score (nSPS) is 13.6. The highest BCUT2D eigenvalue weighted by Crippen LogP contribution is 2.27. The zero-order chi connectivity index (χ0) is 17.3. The lowest BCUT2D eigenvalue weighted by Gasteiger charge is -2.26. The van der Waals surface area contributed by atoms with Gasteiger partial charge in [0.15, 0.2) is 0 Å². The number of aryl methyl sites for hydroxylation is 3. The van der Waals surface area contributed by atoms with Crippen LogP contribution >= 0.6 is 0 Å². The van der Waals surface area contributed by atoms with Crippen LogP contribution in [0.25, 0.3) is 0 Å². The summed E-state index contributed by atoms with van der Waals surface area (Å²) in [6.07, 6.45) is 1.60. The largest absolute Gasteiger partial charge is 0.326 e. The summed E-state index contributed by atoms with van der Waals surface area (Å²) in [4.78, 5) is 25.7. The molecule has 2 aromatic carbocycles. The average Bonchev–Trinajstić information content (AvgIpc) is 2.54. The zero-order valence-corrected chi connectivity index (χ0v) is 14.3. The van der Waals surface area contributed by atoms with Gasteiger partial charge in [-0.25, -0.2) is 0 Å². The maximum absolute atomic E-state index is 12.3. The Kier molecular flexibility index (Phi) is 4.38. The van der Waals surface area contributed by atoms with E-state index >= 15 is 0 Å². The number of hydrogen-bond donors (Lipinski definition) is 1. The molecule has 0 fully saturated rings. The summed E-state index contributed by atoms with van der Waals surface area (Å²) < 4.78 is 0. The minimum absolute atomic E-state index is 0.0292. The van der Waals surface area contributed by atoms with Gasteiger partial charge in [0.2, 0.25) is 11.8 Å². The van der Waals surface area contributed by atoms with E-state index in [2.05, 4.69) is 12.2 Å². The van der Waals surface area contributed by atoms with Crippen molar-refractivity contribution in [1.29, 1.82) is 0 Å². The number of amides is 2. The van der Waals surface area contributed by atoms with E-state index in [9.17, 15) is 9.59 Å². The monoisotopic (exact) mass is 322 g/mol. The lowest BCUT2D eigenvalue weighted by Crippen LogP contribution is -2.31. The molecule has 1 aliphatic heterocycles. The van der Waals surface area contributed by atoms with Crippen molar-refractivity contribution in [3.05, 3.63) is 58.7 Å². The Labute approximate surface area is 142 Å². The topological polar surface area (TPSA) is 49.4 Å². The summed E-state index contributed by atoms with van der Waals surface area (Å²) in [7, 11) is 1.80. The van der Waals surface area contributed by atoms with Gasteiger partial charge in [-0.2, -0.15) is 0 Å². The van der Waals surface area contributed by atoms with E-state index in [1.165, 1.54) is 5.56 Å². The van der Waals surface area contributed by atoms with E-state index in [4.69, 9.17) is 0 Å². The fraction of sp³-hybridized carbons (Fsp3) is 0.300. The van der Waals surface area contributed by atoms with Crippen molar-refractivity contribution in [2.24, 2.45) is 0 Å². The quantitative estimate of drug-likeness (QED) is 0.941. The van der Waals surface area contributed by atoms with Gasteiger partial charge >= 0.3 is 0 Å². The van der Waals surface area contributed by atoms with Gasteiger partial charge in [0.05, 0.1) is 6.42 Å². The molecule has 0 saturated heterocycles. The fourth-order valence-corrected chi connectivity index (χ4v) is 3.03. The molecule has 0 bridgehead atoms. The first-order valence-electron chi connectivity index (χ1n) is 8.19. The van der Waals surface area contributed by atoms with Crippen LogP contribution in [0, 0.1) is 13.8 Å². The number of benzene rings is 2. The molecule has 1 heterocycles. The standard InChI is InChI=1S/C20H22N2O2/c1-13-4-7-17(10-14(13)2)21-19(23)12-15-5-8-18-16(11-15)6-9-20(24)22(18)3/h4-5,7-8,10-11H,6,9,12H2,1-3H3,(H,21,23). The number of carbonyl (C=O) groups is 2. The molecular weight excluding hydrogens is 300 g/mol. The predicted molar refractivity (Wildman–Crippen MR) is 96.4 cm³/mol. The Morgan fingerprint density at radius 3 is 2.62 bits per heavy atom. The van der Waals surface area contributed by atoms with Crippen LogP contribution in [-0.2, 0) is 22.4 Å². The third-order valence-electron chi connectivity index (χ3n) is 4.64. The molecule has 0 atom stereocenters. The molecule has 0 spiro atoms. The molecular formula is C20H22N2O2. The van der Waals surface area contributed by atoms with Crippen molar-refractivity contribution in [1.82, 2.24) is 0 Å². The van der Waals surface area contributed by atoms with Crippen molar-refractivity contribution in [2.45, 2.75) is 33.1 Å². The second-order valence-electron chi connectivity index (χ2n) is 6.44. The maximum atomic E-state index is 12.3. The molecule has 1 aliphatic rings. The van der Waals surface area contributed by atoms with Crippen molar-refractivity contribution in [2.75, 3.05) is 17.3 Å². The summed E-state index contributed by atoms with van der Waals surface area (Å²) in [6, 6.07) is 11.8. The van der Waals surface area contributed by atoms with Gasteiger partial charge in [0, 0.05) is 24.8 Å². The number of carbonyl (C=O) groups excluding carboxylic acids is 2. The van der Waals surface area contributed by atoms with Gasteiger partial charge in [-0.05, 0) is 60.7 Å². The van der Waals surface area contributed by atoms with E-state index in [-0.39, 0.29) is 11.8 Å². The number of hydrogen-bond acceptors (Lipinski definition) is 2. The summed E-state index contributed by atoms with van der Waals surface area (Å²) in [6.45, 7) is 4.09. The lowest BCUT2D eigenvalue weighted by molar-refractivity contribution is -0.118. The van der Waals surface area contributed by atoms with Crippen LogP contribution in [-0.4, -0.2) is 18.9 Å². The van der Waals surface area contributed by atoms with Gasteiger partial charge in [-0.15, -0.1) is 0 Å². The van der Waals surface area contributed by atoms with E-state index in [1.807, 2.05) is 43.3 Å². The van der Waals surface area contributed by atoms with E-state index in [0.29, 0.717) is 12.8 Å². The van der Waals surface area contributed by atoms with Crippen molar-refractivity contribution < 1.29 is 9.59 Å². The molecule has 0 unspecified atom stereocenters. The van der Waals surface area contributed by atoms with Gasteiger partial charge in [0.1, 0.15) is 0 Å². The van der Waals surface area contributed by atoms with Crippen molar-refractivity contribution in [3.8, 4) is 0 Å². The van der Waals surface area contributed by atoms with Gasteiger partial charge in [-0.3, -0.25) is 9.59 Å². The predicted octanol–water partition coefficient (Wildman–Crippen LogP) is 3.39. The Hall–Kier alpha value is -2.62. The molecule has 0 aliphatic carbocycles. The van der Waals surface area contributed by atoms with Gasteiger partial charge in [0.25, 0.3) is 0 Å². The molecule has 24 heavy (non-hydrogen) atoms. The number of nitrogens with zero attached hydrogens (tertiary/aromatic N) is 1. The average molecular weight is 322 g/mol. The SMILES string of the molecule is Cc1ccc(NC(=O)Cc2ccc3c(c2)CCC(=O)N3C)cc1C. The first-order chi connectivity index (χ1) is 11.4. The van der Waals surface area contributed by atoms with Crippen LogP contribution in [0.5, 0.6) is 0 Å². The van der Waals surface area contributed by atoms with Crippen molar-refractivity contribution >= 4 is 23.2 Å². The summed E-state index contributed by atoms with van der Waals surface area (Å²) in [5.74, 6) is 0.112. The molecule has 4 nitrogen and oxygen atoms in total. The molecule has 3 rings (SSSR count). The van der Waals surface area contributed by atoms with E-state index < -0.39 is 0 Å². The summed E-state index contributed by atoms with van der Waals surface area (Å²) in [5.41, 5.74) is 6.25. The number of anilines is 2. The fourth-order valence-electron chi connectivity index (χ4n) is 3.03. The molecule has 0 radical (unpaired) electrons. The Bertz CT molecular complexity index is 811. The third-order valence-corrected chi connectivity index (χ3v) is 4.64. The molecule has 0 saturated carbocycles. The molecule has 2 aromatic rings. The maximum Gasteiger partial charge on any atom is 0.228 e. The highest BCUT2D eigenvalue weighted by atomic mass is 16.2. The molecule has 4 heteroatoms. The van der Waals surface area contributed by atoms with Gasteiger partial charge < -0.3 is 10.2 Å². The Balaban J connectivity index is 1.71. The summed E-state index contributed by atoms with van der Waals surface area (Å²) in [5, 5.41) is 2.95. The Morgan fingerprint density at radius 1 is 1.08 bits per heavy atom. The third kappa shape index (κ3) is 3.32. The smallest absolute Gasteiger partial charge is 0.228 e. The van der Waals surface area contributed by atoms with Crippen LogP contribution in [0.1, 0.15) is 28.7 Å². The van der Waals surface area contributed by atoms with Crippen LogP contribution in [0.2, 0.25) is 0 Å². The minimum atomic E-state index is -0.0292. The number of rotatable bonds is 3. The first-order valence-corrected chi connectivity index (χ1v) is 8.19. The molecule has 124 valence electrons. The highest BCUT2D eigenvalue weighted by Gasteiger charge is 2.21. The highest BCUT2D eigenvalue weighted by molar-refractivity contribution is 5.96. The van der Waals surface area contributed by atoms with Crippen LogP contribution in [0.4, 0.5) is 11.4 Å². The Morgan fingerprint density at radius 2 is 1.88 bits per heavy atom. The minimum Gasteiger partial charge on any atom is -0.326 e. The van der Waals surface area contributed by atoms with E-state index in [0.717, 1.165) is 34.5 Å². The van der Waals surface area contributed by atoms with Crippen LogP contribution in [0.3, 0.4) is 0 Å². The number of fused-ring (bicyclic) bond motifs is 1. The van der Waals surface area contributed by atoms with Gasteiger partial charge in [-0.1, -0.05) is 18.2 Å². The van der Waals surface area contributed by atoms with Crippen LogP contribution < -0.4 is 10.2 Å². The first kappa shape index (κ1) is 16.2. The summed E-state index contributed by atoms with van der Waals surface area (Å²) >= 11 is 0. The molecule has 2 amide bonds. The second kappa shape index (κ2) is 6.48. The molecule has 1 N–H and O–H groups in total. The van der Waals surface area contributed by atoms with Crippen LogP contribution in [0.15, 0.2) is 36.4 Å². The lowest BCUT2D eigenvalue weighted by atomic mass is 9.98. The van der Waals surface area contributed by atoms with Crippen molar-refractivity contribution in [3.63, 3.8) is 0 Å². The molecule has 0 aromatic heterocycles. The number of nitrogens with one attached hydrogen (secondary N) is 1. The zero-order valence-electron chi connectivity index (χ0n) is 14.3. The van der Waals surface area contributed by atoms with E-state index in [1.54, 1.807) is 11.9 Å².